The number of hydrogen-bond acceptors (Lipinski definition) is 10. The van der Waals surface area contributed by atoms with Crippen molar-refractivity contribution in [1.82, 2.24) is 0 Å². The summed E-state index contributed by atoms with van der Waals surface area (Å²) in [6, 6.07) is 0. The molecule has 0 aromatic carbocycles. The molecule has 1 saturated carbocycles. The van der Waals surface area contributed by atoms with Crippen LogP contribution in [0.25, 0.3) is 0 Å². The van der Waals surface area contributed by atoms with Crippen LogP contribution in [0.5, 0.6) is 0 Å². The van der Waals surface area contributed by atoms with Gasteiger partial charge in [-0.2, -0.15) is 0 Å². The zero-order valence-corrected chi connectivity index (χ0v) is 22.6. The molecule has 0 radical (unpaired) electrons. The number of aliphatic hydroxyl groups excluding tert-OH is 1. The molecule has 5 fully saturated rings. The number of carbonyl (C=O) groups is 3. The molecule has 10 atom stereocenters. The van der Waals surface area contributed by atoms with E-state index in [4.69, 9.17) is 28.4 Å². The van der Waals surface area contributed by atoms with Gasteiger partial charge in [0.05, 0.1) is 30.8 Å². The average Bonchev–Trinajstić information content (AvgIpc) is 3.81. The Kier molecular flexibility index (Phi) is 5.45. The molecule has 0 amide bonds. The van der Waals surface area contributed by atoms with Crippen LogP contribution in [-0.4, -0.2) is 90.0 Å². The van der Waals surface area contributed by atoms with Crippen molar-refractivity contribution >= 4 is 17.7 Å². The van der Waals surface area contributed by atoms with E-state index in [0.717, 1.165) is 6.42 Å². The molecule has 10 heteroatoms. The van der Waals surface area contributed by atoms with E-state index in [1.165, 1.54) is 18.6 Å². The minimum atomic E-state index is -1.54. The summed E-state index contributed by atoms with van der Waals surface area (Å²) in [4.78, 5) is 39.4. The molecule has 4 saturated heterocycles. The molecule has 2 aliphatic carbocycles. The van der Waals surface area contributed by atoms with Gasteiger partial charge in [0, 0.05) is 24.3 Å². The predicted molar refractivity (Wildman–Crippen MR) is 132 cm³/mol. The van der Waals surface area contributed by atoms with Crippen molar-refractivity contribution < 1.29 is 47.9 Å². The van der Waals surface area contributed by atoms with Crippen LogP contribution < -0.4 is 0 Å². The maximum absolute atomic E-state index is 13.5. The summed E-state index contributed by atoms with van der Waals surface area (Å²) in [6.07, 6.45) is 4.34. The Bertz CT molecular complexity index is 1190. The van der Waals surface area contributed by atoms with E-state index in [1.54, 1.807) is 6.08 Å². The SMILES string of the molecule is CC(=O)[C@@]12CC/C=C\C(=O)O[C@@H]3C[C@H]4O[C@@H]5C=C(C)CC[C@]5(COC(=O)[C@H]5O[C@]5(CCO1)[C@H]2O)[C@]3(C)[C@]41CO1. The van der Waals surface area contributed by atoms with Gasteiger partial charge in [-0.1, -0.05) is 24.6 Å². The third-order valence-electron chi connectivity index (χ3n) is 11.2. The van der Waals surface area contributed by atoms with E-state index >= 15 is 0 Å². The van der Waals surface area contributed by atoms with Crippen LogP contribution in [0.2, 0.25) is 0 Å². The van der Waals surface area contributed by atoms with Crippen molar-refractivity contribution in [3.63, 3.8) is 0 Å². The normalized spacial score (nSPS) is 53.0. The van der Waals surface area contributed by atoms with E-state index in [9.17, 15) is 19.5 Å². The lowest BCUT2D eigenvalue weighted by molar-refractivity contribution is -0.233. The first-order valence-corrected chi connectivity index (χ1v) is 14.1. The topological polar surface area (TPSA) is 133 Å². The number of hydrogen-bond donors (Lipinski definition) is 1. The lowest BCUT2D eigenvalue weighted by Gasteiger charge is -2.58. The van der Waals surface area contributed by atoms with Crippen LogP contribution >= 0.6 is 0 Å². The Morgan fingerprint density at radius 1 is 1.10 bits per heavy atom. The van der Waals surface area contributed by atoms with Gasteiger partial charge in [-0.05, 0) is 39.5 Å². The summed E-state index contributed by atoms with van der Waals surface area (Å²) in [5, 5.41) is 11.4. The zero-order valence-electron chi connectivity index (χ0n) is 22.6. The minimum Gasteiger partial charge on any atom is -0.463 e. The van der Waals surface area contributed by atoms with Crippen LogP contribution in [0.15, 0.2) is 23.8 Å². The van der Waals surface area contributed by atoms with Crippen LogP contribution in [0.1, 0.15) is 59.3 Å². The molecule has 5 aliphatic heterocycles. The molecule has 4 bridgehead atoms. The van der Waals surface area contributed by atoms with Crippen molar-refractivity contribution in [2.75, 3.05) is 19.8 Å². The zero-order chi connectivity index (χ0) is 27.4. The van der Waals surface area contributed by atoms with E-state index in [1.807, 2.05) is 0 Å². The molecule has 10 nitrogen and oxygen atoms in total. The Morgan fingerprint density at radius 3 is 2.64 bits per heavy atom. The van der Waals surface area contributed by atoms with E-state index in [0.29, 0.717) is 19.4 Å². The number of rotatable bonds is 1. The predicted octanol–water partition coefficient (Wildman–Crippen LogP) is 1.71. The second-order valence-corrected chi connectivity index (χ2v) is 12.7. The number of fused-ring (bicyclic) bond motifs is 1. The highest BCUT2D eigenvalue weighted by molar-refractivity contribution is 5.88. The van der Waals surface area contributed by atoms with Crippen LogP contribution in [0, 0.1) is 10.8 Å². The molecular weight excluding hydrogens is 508 g/mol. The average molecular weight is 545 g/mol. The third kappa shape index (κ3) is 3.18. The largest absolute Gasteiger partial charge is 0.463 e. The molecule has 1 N–H and O–H groups in total. The van der Waals surface area contributed by atoms with Gasteiger partial charge < -0.3 is 33.5 Å². The molecule has 0 aromatic heterocycles. The van der Waals surface area contributed by atoms with Gasteiger partial charge in [-0.15, -0.1) is 0 Å². The fourth-order valence-corrected chi connectivity index (χ4v) is 8.58. The third-order valence-corrected chi connectivity index (χ3v) is 11.2. The molecule has 7 rings (SSSR count). The standard InChI is InChI=1S/C29H36O10/c1-16-7-9-26-14-34-23(32)22-28(39-22)10-11-35-27(17(2)30,24(28)33)8-5-4-6-21(31)38-18-13-20(37-19(26)12-16)29(15-36-29)25(18,26)3/h4,6,12,18-20,22,24,33H,5,7-11,13-15H2,1-3H3/b6-4-/t18-,19-,20-,22-,24+,25-,26-,27-,28+,29+/m1/s1. The lowest BCUT2D eigenvalue weighted by atomic mass is 9.51. The van der Waals surface area contributed by atoms with Gasteiger partial charge in [0.2, 0.25) is 0 Å². The molecule has 0 unspecified atom stereocenters. The highest BCUT2D eigenvalue weighted by Gasteiger charge is 2.83. The van der Waals surface area contributed by atoms with Crippen molar-refractivity contribution in [2.24, 2.45) is 10.8 Å². The Labute approximate surface area is 226 Å². The summed E-state index contributed by atoms with van der Waals surface area (Å²) in [5.41, 5.74) is -3.54. The number of carbonyl (C=O) groups excluding carboxylic acids is 3. The Morgan fingerprint density at radius 2 is 1.90 bits per heavy atom. The fraction of sp³-hybridized carbons (Fsp3) is 0.759. The number of cyclic esters (lactones) is 1. The maximum Gasteiger partial charge on any atom is 0.338 e. The lowest BCUT2D eigenvalue weighted by Crippen LogP contribution is -2.67. The number of allylic oxidation sites excluding steroid dienone is 2. The van der Waals surface area contributed by atoms with Gasteiger partial charge in [-0.3, -0.25) is 4.79 Å². The number of ether oxygens (including phenoxy) is 6. The number of esters is 2. The van der Waals surface area contributed by atoms with E-state index < -0.39 is 57.9 Å². The Balaban J connectivity index is 1.29. The second-order valence-electron chi connectivity index (χ2n) is 12.7. The molecule has 39 heavy (non-hydrogen) atoms. The number of Topliss-reactive ketones (excluding diaryl/α,β-unsaturated/α-hetero) is 1. The summed E-state index contributed by atoms with van der Waals surface area (Å²) in [7, 11) is 0. The van der Waals surface area contributed by atoms with Crippen LogP contribution in [0.3, 0.4) is 0 Å². The second kappa shape index (κ2) is 8.22. The highest BCUT2D eigenvalue weighted by Crippen LogP contribution is 2.72. The van der Waals surface area contributed by atoms with Gasteiger partial charge in [0.25, 0.3) is 0 Å². The van der Waals surface area contributed by atoms with E-state index in [-0.39, 0.29) is 50.5 Å². The van der Waals surface area contributed by atoms with Crippen molar-refractivity contribution in [3.8, 4) is 0 Å². The molecule has 0 aromatic rings. The Hall–Kier alpha value is -2.11. The first-order chi connectivity index (χ1) is 18.5. The summed E-state index contributed by atoms with van der Waals surface area (Å²) < 4.78 is 36.7. The first-order valence-electron chi connectivity index (χ1n) is 14.1. The fourth-order valence-electron chi connectivity index (χ4n) is 8.58. The number of aliphatic hydroxyl groups is 1. The molecule has 5 heterocycles. The summed E-state index contributed by atoms with van der Waals surface area (Å²) in [5.74, 6) is -1.43. The first kappa shape index (κ1) is 25.8. The summed E-state index contributed by atoms with van der Waals surface area (Å²) in [6.45, 7) is 6.20. The van der Waals surface area contributed by atoms with E-state index in [2.05, 4.69) is 19.9 Å². The van der Waals surface area contributed by atoms with Crippen molar-refractivity contribution in [3.05, 3.63) is 23.8 Å². The van der Waals surface area contributed by atoms with Gasteiger partial charge in [-0.25, -0.2) is 9.59 Å². The van der Waals surface area contributed by atoms with Crippen molar-refractivity contribution in [2.45, 2.75) is 107 Å². The number of epoxide rings is 2. The molecular formula is C29H36O10. The maximum atomic E-state index is 13.5. The number of ketones is 1. The van der Waals surface area contributed by atoms with Gasteiger partial charge in [0.1, 0.15) is 30.0 Å². The summed E-state index contributed by atoms with van der Waals surface area (Å²) >= 11 is 0. The quantitative estimate of drug-likeness (QED) is 0.295. The highest BCUT2D eigenvalue weighted by atomic mass is 16.7. The minimum absolute atomic E-state index is 0.0267. The smallest absolute Gasteiger partial charge is 0.338 e. The van der Waals surface area contributed by atoms with Crippen LogP contribution in [0.4, 0.5) is 0 Å². The van der Waals surface area contributed by atoms with Gasteiger partial charge in [0.15, 0.2) is 17.5 Å². The molecule has 212 valence electrons. The van der Waals surface area contributed by atoms with Gasteiger partial charge >= 0.3 is 11.9 Å². The molecule has 7 aliphatic rings. The van der Waals surface area contributed by atoms with Crippen molar-refractivity contribution in [1.29, 1.82) is 0 Å². The van der Waals surface area contributed by atoms with Crippen LogP contribution in [-0.2, 0) is 42.8 Å². The monoisotopic (exact) mass is 544 g/mol. The molecule has 3 spiro atoms.